The first kappa shape index (κ1) is 24.5. The maximum absolute atomic E-state index is 10.0. The van der Waals surface area contributed by atoms with E-state index >= 15 is 0 Å². The van der Waals surface area contributed by atoms with Crippen molar-refractivity contribution >= 4 is 0 Å². The van der Waals surface area contributed by atoms with Gasteiger partial charge in [0, 0.05) is 31.0 Å². The molecule has 34 heavy (non-hydrogen) atoms. The standard InChI is InChI=1S/C30H38N2O2/c1-4-11-22-16-17-27(34-3)26(20-22)29-25(18-19-33)21-32(31-2)30(29)28(23-12-7-5-8-13-23)24-14-9-6-10-15-24/h5-10,12-17,20,25,28-31,33H,4,11,18-19,21H2,1-3H3. The summed E-state index contributed by atoms with van der Waals surface area (Å²) in [6.07, 6.45) is 2.92. The minimum atomic E-state index is 0.164. The molecule has 4 heteroatoms. The van der Waals surface area contributed by atoms with Gasteiger partial charge < -0.3 is 9.84 Å². The Hall–Kier alpha value is -2.66. The molecule has 3 aromatic carbocycles. The highest BCUT2D eigenvalue weighted by atomic mass is 16.5. The average Bonchev–Trinajstić information content (AvgIpc) is 3.23. The maximum atomic E-state index is 10.0. The predicted octanol–water partition coefficient (Wildman–Crippen LogP) is 5.38. The van der Waals surface area contributed by atoms with Crippen LogP contribution in [0.5, 0.6) is 5.75 Å². The molecule has 0 saturated carbocycles. The number of hydrogen-bond acceptors (Lipinski definition) is 4. The van der Waals surface area contributed by atoms with E-state index in [0.29, 0.717) is 5.92 Å². The Morgan fingerprint density at radius 1 is 1.00 bits per heavy atom. The van der Waals surface area contributed by atoms with E-state index in [1.165, 1.54) is 22.3 Å². The number of aryl methyl sites for hydroxylation is 1. The second-order valence-electron chi connectivity index (χ2n) is 9.29. The van der Waals surface area contributed by atoms with Gasteiger partial charge in [-0.05, 0) is 54.1 Å². The van der Waals surface area contributed by atoms with E-state index in [2.05, 4.69) is 96.2 Å². The van der Waals surface area contributed by atoms with E-state index in [1.54, 1.807) is 7.11 Å². The fourth-order valence-electron chi connectivity index (χ4n) is 5.86. The van der Waals surface area contributed by atoms with Crippen molar-refractivity contribution in [2.75, 3.05) is 27.3 Å². The van der Waals surface area contributed by atoms with Crippen molar-refractivity contribution in [3.63, 3.8) is 0 Å². The Morgan fingerprint density at radius 2 is 1.65 bits per heavy atom. The SMILES string of the molecule is CCCc1ccc(OC)c(C2C(CCO)CN(NC)C2C(c2ccccc2)c2ccccc2)c1. The lowest BCUT2D eigenvalue weighted by atomic mass is 9.73. The maximum Gasteiger partial charge on any atom is 0.122 e. The summed E-state index contributed by atoms with van der Waals surface area (Å²) in [6.45, 7) is 3.29. The quantitative estimate of drug-likeness (QED) is 0.428. The third-order valence-electron chi connectivity index (χ3n) is 7.30. The number of benzene rings is 3. The second-order valence-corrected chi connectivity index (χ2v) is 9.29. The van der Waals surface area contributed by atoms with Gasteiger partial charge in [-0.1, -0.05) is 86.1 Å². The van der Waals surface area contributed by atoms with Gasteiger partial charge in [0.1, 0.15) is 5.75 Å². The lowest BCUT2D eigenvalue weighted by Crippen LogP contribution is -2.44. The Kier molecular flexibility index (Phi) is 8.39. The zero-order valence-electron chi connectivity index (χ0n) is 20.7. The molecular weight excluding hydrogens is 420 g/mol. The molecule has 4 rings (SSSR count). The number of hydrazine groups is 1. The number of hydrogen-bond donors (Lipinski definition) is 2. The van der Waals surface area contributed by atoms with E-state index in [9.17, 15) is 5.11 Å². The van der Waals surface area contributed by atoms with Crippen LogP contribution >= 0.6 is 0 Å². The van der Waals surface area contributed by atoms with Crippen LogP contribution in [0.1, 0.15) is 53.9 Å². The summed E-state index contributed by atoms with van der Waals surface area (Å²) in [5, 5.41) is 12.4. The molecule has 0 bridgehead atoms. The molecule has 4 nitrogen and oxygen atoms in total. The van der Waals surface area contributed by atoms with E-state index in [-0.39, 0.29) is 24.5 Å². The van der Waals surface area contributed by atoms with Crippen LogP contribution < -0.4 is 10.2 Å². The van der Waals surface area contributed by atoms with Crippen LogP contribution in [0.15, 0.2) is 78.9 Å². The molecule has 3 aromatic rings. The van der Waals surface area contributed by atoms with Gasteiger partial charge >= 0.3 is 0 Å². The first-order chi connectivity index (χ1) is 16.7. The fraction of sp³-hybridized carbons (Fsp3) is 0.400. The molecule has 0 aromatic heterocycles. The molecular formula is C30H38N2O2. The highest BCUT2D eigenvalue weighted by molar-refractivity contribution is 5.45. The Morgan fingerprint density at radius 3 is 2.18 bits per heavy atom. The van der Waals surface area contributed by atoms with E-state index < -0.39 is 0 Å². The lowest BCUT2D eigenvalue weighted by Gasteiger charge is -2.36. The number of aliphatic hydroxyl groups excluding tert-OH is 1. The summed E-state index contributed by atoms with van der Waals surface area (Å²) in [5.74, 6) is 1.62. The number of rotatable bonds is 10. The normalized spacial score (nSPS) is 20.7. The van der Waals surface area contributed by atoms with Crippen molar-refractivity contribution in [3.8, 4) is 5.75 Å². The van der Waals surface area contributed by atoms with Gasteiger partial charge in [0.15, 0.2) is 0 Å². The largest absolute Gasteiger partial charge is 0.496 e. The number of ether oxygens (including phenoxy) is 1. The smallest absolute Gasteiger partial charge is 0.122 e. The molecule has 0 spiro atoms. The van der Waals surface area contributed by atoms with Crippen LogP contribution in [0.4, 0.5) is 0 Å². The molecule has 1 aliphatic heterocycles. The molecule has 3 unspecified atom stereocenters. The van der Waals surface area contributed by atoms with Crippen LogP contribution in [0.3, 0.4) is 0 Å². The first-order valence-corrected chi connectivity index (χ1v) is 12.5. The van der Waals surface area contributed by atoms with Gasteiger partial charge in [-0.25, -0.2) is 5.01 Å². The summed E-state index contributed by atoms with van der Waals surface area (Å²) in [5.41, 5.74) is 8.72. The van der Waals surface area contributed by atoms with Crippen molar-refractivity contribution in [1.82, 2.24) is 10.4 Å². The molecule has 1 fully saturated rings. The predicted molar refractivity (Wildman–Crippen MR) is 139 cm³/mol. The highest BCUT2D eigenvalue weighted by Crippen LogP contribution is 2.49. The molecule has 0 amide bonds. The molecule has 1 saturated heterocycles. The Balaban J connectivity index is 1.91. The van der Waals surface area contributed by atoms with Crippen molar-refractivity contribution < 1.29 is 9.84 Å². The second kappa shape index (κ2) is 11.7. The van der Waals surface area contributed by atoms with E-state index in [1.807, 2.05) is 7.05 Å². The van der Waals surface area contributed by atoms with Crippen LogP contribution in [-0.4, -0.2) is 43.5 Å². The molecule has 3 atom stereocenters. The van der Waals surface area contributed by atoms with Crippen LogP contribution in [-0.2, 0) is 6.42 Å². The molecule has 0 radical (unpaired) electrons. The third-order valence-corrected chi connectivity index (χ3v) is 7.30. The number of aliphatic hydroxyl groups is 1. The lowest BCUT2D eigenvalue weighted by molar-refractivity contribution is 0.165. The highest BCUT2D eigenvalue weighted by Gasteiger charge is 2.47. The zero-order valence-corrected chi connectivity index (χ0v) is 20.7. The molecule has 1 aliphatic rings. The van der Waals surface area contributed by atoms with Gasteiger partial charge in [0.05, 0.1) is 7.11 Å². The Bertz CT molecular complexity index is 985. The van der Waals surface area contributed by atoms with Crippen molar-refractivity contribution in [3.05, 3.63) is 101 Å². The molecule has 2 N–H and O–H groups in total. The average molecular weight is 459 g/mol. The number of methoxy groups -OCH3 is 1. The summed E-state index contributed by atoms with van der Waals surface area (Å²) in [4.78, 5) is 0. The summed E-state index contributed by atoms with van der Waals surface area (Å²) >= 11 is 0. The molecule has 1 heterocycles. The van der Waals surface area contributed by atoms with Gasteiger partial charge in [-0.2, -0.15) is 0 Å². The van der Waals surface area contributed by atoms with Crippen molar-refractivity contribution in [2.45, 2.75) is 44.1 Å². The minimum absolute atomic E-state index is 0.164. The molecule has 180 valence electrons. The van der Waals surface area contributed by atoms with Gasteiger partial charge in [0.2, 0.25) is 0 Å². The number of nitrogens with zero attached hydrogens (tertiary/aromatic N) is 1. The van der Waals surface area contributed by atoms with Crippen LogP contribution in [0.2, 0.25) is 0 Å². The van der Waals surface area contributed by atoms with Crippen molar-refractivity contribution in [2.24, 2.45) is 5.92 Å². The first-order valence-electron chi connectivity index (χ1n) is 12.5. The van der Waals surface area contributed by atoms with Gasteiger partial charge in [-0.15, -0.1) is 0 Å². The van der Waals surface area contributed by atoms with Gasteiger partial charge in [0.25, 0.3) is 0 Å². The summed E-state index contributed by atoms with van der Waals surface area (Å²) < 4.78 is 5.92. The van der Waals surface area contributed by atoms with Crippen molar-refractivity contribution in [1.29, 1.82) is 0 Å². The van der Waals surface area contributed by atoms with Crippen LogP contribution in [0.25, 0.3) is 0 Å². The van der Waals surface area contributed by atoms with Gasteiger partial charge in [-0.3, -0.25) is 5.43 Å². The fourth-order valence-corrected chi connectivity index (χ4v) is 5.86. The van der Waals surface area contributed by atoms with E-state index in [4.69, 9.17) is 4.74 Å². The topological polar surface area (TPSA) is 44.7 Å². The molecule has 0 aliphatic carbocycles. The monoisotopic (exact) mass is 458 g/mol. The number of nitrogens with one attached hydrogen (secondary N) is 1. The third kappa shape index (κ3) is 5.05. The Labute approximate surface area is 204 Å². The zero-order chi connectivity index (χ0) is 23.9. The minimum Gasteiger partial charge on any atom is -0.496 e. The van der Waals surface area contributed by atoms with E-state index in [0.717, 1.165) is 31.6 Å². The van der Waals surface area contributed by atoms with Crippen LogP contribution in [0, 0.1) is 5.92 Å². The summed E-state index contributed by atoms with van der Waals surface area (Å²) in [6, 6.07) is 28.5. The summed E-state index contributed by atoms with van der Waals surface area (Å²) in [7, 11) is 3.79.